The molecule has 1 aromatic rings. The summed E-state index contributed by atoms with van der Waals surface area (Å²) < 4.78 is 0. The number of hydrogen-bond acceptors (Lipinski definition) is 4. The van der Waals surface area contributed by atoms with Crippen molar-refractivity contribution in [3.05, 3.63) is 22.4 Å². The predicted octanol–water partition coefficient (Wildman–Crippen LogP) is 2.27. The number of piperazine rings is 1. The number of hydrogen-bond donors (Lipinski definition) is 2. The Hall–Kier alpha value is -0.380. The molecule has 1 aliphatic rings. The average Bonchev–Trinajstić information content (AvgIpc) is 3.09. The molecule has 0 bridgehead atoms. The first-order chi connectivity index (χ1) is 11.1. The van der Waals surface area contributed by atoms with Gasteiger partial charge >= 0.3 is 0 Å². The Morgan fingerprint density at radius 1 is 1.21 bits per heavy atom. The van der Waals surface area contributed by atoms with Gasteiger partial charge < -0.3 is 15.5 Å². The summed E-state index contributed by atoms with van der Waals surface area (Å²) in [5.74, 6) is 1.40. The lowest BCUT2D eigenvalue weighted by molar-refractivity contribution is 0.120. The van der Waals surface area contributed by atoms with E-state index in [9.17, 15) is 0 Å². The van der Waals surface area contributed by atoms with Gasteiger partial charge in [-0.25, -0.2) is 0 Å². The van der Waals surface area contributed by atoms with E-state index in [2.05, 4.69) is 63.8 Å². The summed E-state index contributed by atoms with van der Waals surface area (Å²) in [6.45, 7) is 11.0. The predicted molar refractivity (Wildman–Crippen MR) is 116 cm³/mol. The molecule has 2 N–H and O–H groups in total. The van der Waals surface area contributed by atoms with Gasteiger partial charge in [0.25, 0.3) is 0 Å². The number of thiophene rings is 1. The van der Waals surface area contributed by atoms with Gasteiger partial charge in [0.05, 0.1) is 0 Å². The zero-order valence-electron chi connectivity index (χ0n) is 15.3. The van der Waals surface area contributed by atoms with Gasteiger partial charge in [0, 0.05) is 63.2 Å². The third kappa shape index (κ3) is 6.85. The Morgan fingerprint density at radius 2 is 1.88 bits per heavy atom. The van der Waals surface area contributed by atoms with Crippen LogP contribution in [0.15, 0.2) is 22.5 Å². The van der Waals surface area contributed by atoms with Gasteiger partial charge in [0.2, 0.25) is 0 Å². The van der Waals surface area contributed by atoms with Crippen LogP contribution < -0.4 is 10.6 Å². The molecule has 138 valence electrons. The molecular formula is C17H32IN5S. The molecule has 2 heterocycles. The first-order valence-electron chi connectivity index (χ1n) is 8.50. The quantitative estimate of drug-likeness (QED) is 0.385. The second-order valence-corrected chi connectivity index (χ2v) is 7.42. The number of nitrogens with one attached hydrogen (secondary N) is 2. The van der Waals surface area contributed by atoms with Gasteiger partial charge in [-0.3, -0.25) is 9.89 Å². The van der Waals surface area contributed by atoms with Crippen LogP contribution in [-0.4, -0.2) is 75.2 Å². The van der Waals surface area contributed by atoms with Gasteiger partial charge in [-0.2, -0.15) is 0 Å². The van der Waals surface area contributed by atoms with Crippen molar-refractivity contribution in [2.24, 2.45) is 4.99 Å². The number of rotatable bonds is 6. The normalized spacial score (nSPS) is 19.4. The van der Waals surface area contributed by atoms with Crippen LogP contribution in [0.1, 0.15) is 24.6 Å². The van der Waals surface area contributed by atoms with Crippen molar-refractivity contribution in [1.82, 2.24) is 20.4 Å². The summed E-state index contributed by atoms with van der Waals surface area (Å²) in [5, 5.41) is 9.04. The number of nitrogens with zero attached hydrogens (tertiary/aromatic N) is 3. The minimum atomic E-state index is 0. The highest BCUT2D eigenvalue weighted by Crippen LogP contribution is 2.19. The van der Waals surface area contributed by atoms with Crippen molar-refractivity contribution in [2.75, 3.05) is 53.4 Å². The monoisotopic (exact) mass is 465 g/mol. The number of aliphatic imine (C=N–C) groups is 1. The first kappa shape index (κ1) is 21.7. The molecule has 1 aliphatic heterocycles. The second-order valence-electron chi connectivity index (χ2n) is 6.44. The minimum absolute atomic E-state index is 0. The molecule has 0 saturated carbocycles. The summed E-state index contributed by atoms with van der Waals surface area (Å²) >= 11 is 1.82. The van der Waals surface area contributed by atoms with E-state index in [1.807, 2.05) is 18.4 Å². The number of guanidine groups is 1. The summed E-state index contributed by atoms with van der Waals surface area (Å²) in [5.41, 5.74) is 0. The molecule has 24 heavy (non-hydrogen) atoms. The summed E-state index contributed by atoms with van der Waals surface area (Å²) in [6, 6.07) is 4.83. The lowest BCUT2D eigenvalue weighted by atomic mass is 10.1. The van der Waals surface area contributed by atoms with Crippen LogP contribution in [0.4, 0.5) is 0 Å². The van der Waals surface area contributed by atoms with Crippen molar-refractivity contribution in [3.63, 3.8) is 0 Å². The fraction of sp³-hybridized carbons (Fsp3) is 0.706. The maximum Gasteiger partial charge on any atom is 0.191 e. The van der Waals surface area contributed by atoms with E-state index in [4.69, 9.17) is 0 Å². The van der Waals surface area contributed by atoms with E-state index in [-0.39, 0.29) is 24.0 Å². The van der Waals surface area contributed by atoms with Gasteiger partial charge in [-0.15, -0.1) is 35.3 Å². The molecule has 2 unspecified atom stereocenters. The zero-order chi connectivity index (χ0) is 16.7. The van der Waals surface area contributed by atoms with E-state index in [0.29, 0.717) is 12.0 Å². The maximum atomic E-state index is 4.34. The molecule has 1 fully saturated rings. The molecule has 7 heteroatoms. The first-order valence-corrected chi connectivity index (χ1v) is 9.38. The van der Waals surface area contributed by atoms with E-state index >= 15 is 0 Å². The van der Waals surface area contributed by atoms with Crippen LogP contribution in [0.3, 0.4) is 0 Å². The van der Waals surface area contributed by atoms with Crippen molar-refractivity contribution >= 4 is 41.3 Å². The van der Waals surface area contributed by atoms with Crippen molar-refractivity contribution in [3.8, 4) is 0 Å². The van der Waals surface area contributed by atoms with Gasteiger partial charge in [0.1, 0.15) is 0 Å². The average molecular weight is 465 g/mol. The van der Waals surface area contributed by atoms with Gasteiger partial charge in [0.15, 0.2) is 5.96 Å². The molecule has 0 aromatic carbocycles. The minimum Gasteiger partial charge on any atom is -0.356 e. The molecule has 0 spiro atoms. The molecule has 0 radical (unpaired) electrons. The molecule has 5 nitrogen and oxygen atoms in total. The summed E-state index contributed by atoms with van der Waals surface area (Å²) in [6.07, 6.45) is 0. The zero-order valence-corrected chi connectivity index (χ0v) is 18.4. The van der Waals surface area contributed by atoms with E-state index in [1.165, 1.54) is 4.88 Å². The standard InChI is InChI=1S/C17H31N5S.HI/c1-14(16-6-5-11-23-16)12-19-17(18-3)20-13-15(2)22-9-7-21(4)8-10-22;/h5-6,11,14-15H,7-10,12-13H2,1-4H3,(H2,18,19,20);1H. The third-order valence-corrected chi connectivity index (χ3v) is 5.66. The fourth-order valence-electron chi connectivity index (χ4n) is 2.78. The summed E-state index contributed by atoms with van der Waals surface area (Å²) in [4.78, 5) is 10.7. The molecule has 0 aliphatic carbocycles. The van der Waals surface area contributed by atoms with Crippen LogP contribution in [0, 0.1) is 0 Å². The largest absolute Gasteiger partial charge is 0.356 e. The molecular weight excluding hydrogens is 433 g/mol. The molecule has 1 aromatic heterocycles. The van der Waals surface area contributed by atoms with Crippen LogP contribution in [0.2, 0.25) is 0 Å². The summed E-state index contributed by atoms with van der Waals surface area (Å²) in [7, 11) is 4.03. The molecule has 2 atom stereocenters. The lowest BCUT2D eigenvalue weighted by Crippen LogP contribution is -2.52. The Labute approximate surface area is 167 Å². The third-order valence-electron chi connectivity index (χ3n) is 4.55. The van der Waals surface area contributed by atoms with E-state index in [0.717, 1.165) is 45.2 Å². The molecule has 0 amide bonds. The second kappa shape index (κ2) is 11.3. The van der Waals surface area contributed by atoms with Crippen molar-refractivity contribution in [2.45, 2.75) is 25.8 Å². The van der Waals surface area contributed by atoms with Crippen molar-refractivity contribution < 1.29 is 0 Å². The highest BCUT2D eigenvalue weighted by molar-refractivity contribution is 14.0. The Kier molecular flexibility index (Phi) is 10.2. The maximum absolute atomic E-state index is 4.34. The topological polar surface area (TPSA) is 42.9 Å². The molecule has 1 saturated heterocycles. The number of likely N-dealkylation sites (N-methyl/N-ethyl adjacent to an activating group) is 1. The fourth-order valence-corrected chi connectivity index (χ4v) is 3.57. The molecule has 2 rings (SSSR count). The Bertz CT molecular complexity index is 471. The van der Waals surface area contributed by atoms with E-state index < -0.39 is 0 Å². The van der Waals surface area contributed by atoms with Gasteiger partial charge in [-0.05, 0) is 25.4 Å². The Balaban J connectivity index is 0.00000288. The number of halogens is 1. The van der Waals surface area contributed by atoms with Crippen molar-refractivity contribution in [1.29, 1.82) is 0 Å². The van der Waals surface area contributed by atoms with Gasteiger partial charge in [-0.1, -0.05) is 13.0 Å². The highest BCUT2D eigenvalue weighted by Gasteiger charge is 2.19. The Morgan fingerprint density at radius 3 is 2.46 bits per heavy atom. The van der Waals surface area contributed by atoms with Crippen LogP contribution in [0.25, 0.3) is 0 Å². The van der Waals surface area contributed by atoms with Crippen LogP contribution in [0.5, 0.6) is 0 Å². The highest BCUT2D eigenvalue weighted by atomic mass is 127. The SMILES string of the molecule is CN=C(NCC(C)c1cccs1)NCC(C)N1CCN(C)CC1.I. The smallest absolute Gasteiger partial charge is 0.191 e. The lowest BCUT2D eigenvalue weighted by Gasteiger charge is -2.36. The van der Waals surface area contributed by atoms with Crippen LogP contribution in [-0.2, 0) is 0 Å². The van der Waals surface area contributed by atoms with Crippen LogP contribution >= 0.6 is 35.3 Å². The van der Waals surface area contributed by atoms with E-state index in [1.54, 1.807) is 0 Å².